The lowest BCUT2D eigenvalue weighted by atomic mass is 10.2. The maximum atomic E-state index is 14.1. The molecule has 0 atom stereocenters. The van der Waals surface area contributed by atoms with Gasteiger partial charge in [0, 0.05) is 17.0 Å². The van der Waals surface area contributed by atoms with Gasteiger partial charge in [-0.1, -0.05) is 45.2 Å². The molecule has 0 bridgehead atoms. The molecule has 3 nitrogen and oxygen atoms in total. The topological polar surface area (TPSA) is 45.9 Å². The molecule has 0 aliphatic carbocycles. The van der Waals surface area contributed by atoms with Crippen molar-refractivity contribution in [3.63, 3.8) is 0 Å². The Kier molecular flexibility index (Phi) is 4.81. The maximum absolute atomic E-state index is 14.1. The van der Waals surface area contributed by atoms with Gasteiger partial charge in [0.05, 0.1) is 16.7 Å². The van der Waals surface area contributed by atoms with Gasteiger partial charge in [0.1, 0.15) is 5.15 Å². The molecule has 0 aliphatic rings. The van der Waals surface area contributed by atoms with Gasteiger partial charge in [0.2, 0.25) is 5.88 Å². The largest absolute Gasteiger partial charge is 0.434 e. The molecule has 0 saturated heterocycles. The van der Waals surface area contributed by atoms with Crippen LogP contribution in [-0.2, 0) is 5.33 Å². The van der Waals surface area contributed by atoms with Gasteiger partial charge in [-0.3, -0.25) is 0 Å². The quantitative estimate of drug-likeness (QED) is 0.554. The molecule has 0 fully saturated rings. The highest BCUT2D eigenvalue weighted by atomic mass is 79.9. The van der Waals surface area contributed by atoms with E-state index in [-0.39, 0.29) is 27.4 Å². The summed E-state index contributed by atoms with van der Waals surface area (Å²) in [4.78, 5) is 3.87. The summed E-state index contributed by atoms with van der Waals surface area (Å²) in [6.45, 7) is 0. The SMILES string of the molecule is N#Cc1cc(Cl)nc(Oc2c(Cl)ccc(CBr)c2F)c1. The third-order valence-corrected chi connectivity index (χ3v) is 3.47. The van der Waals surface area contributed by atoms with E-state index in [0.29, 0.717) is 10.9 Å². The first-order valence-electron chi connectivity index (χ1n) is 5.33. The Bertz CT molecular complexity index is 704. The second kappa shape index (κ2) is 6.40. The van der Waals surface area contributed by atoms with Crippen LogP contribution < -0.4 is 4.74 Å². The summed E-state index contributed by atoms with van der Waals surface area (Å²) in [5.74, 6) is -0.737. The summed E-state index contributed by atoms with van der Waals surface area (Å²) >= 11 is 14.8. The normalized spacial score (nSPS) is 10.2. The molecule has 0 spiro atoms. The van der Waals surface area contributed by atoms with Gasteiger partial charge < -0.3 is 4.74 Å². The highest BCUT2D eigenvalue weighted by Crippen LogP contribution is 2.34. The summed E-state index contributed by atoms with van der Waals surface area (Å²) in [5, 5.41) is 9.34. The van der Waals surface area contributed by atoms with E-state index in [1.54, 1.807) is 6.07 Å². The van der Waals surface area contributed by atoms with E-state index in [2.05, 4.69) is 20.9 Å². The molecule has 0 N–H and O–H groups in total. The van der Waals surface area contributed by atoms with Crippen molar-refractivity contribution < 1.29 is 9.13 Å². The van der Waals surface area contributed by atoms with Gasteiger partial charge in [-0.05, 0) is 12.1 Å². The highest BCUT2D eigenvalue weighted by Gasteiger charge is 2.15. The van der Waals surface area contributed by atoms with Crippen LogP contribution in [0.2, 0.25) is 10.2 Å². The lowest BCUT2D eigenvalue weighted by Gasteiger charge is -2.10. The van der Waals surface area contributed by atoms with E-state index < -0.39 is 5.82 Å². The van der Waals surface area contributed by atoms with Gasteiger partial charge in [-0.25, -0.2) is 9.37 Å². The van der Waals surface area contributed by atoms with Crippen LogP contribution >= 0.6 is 39.1 Å². The van der Waals surface area contributed by atoms with Gasteiger partial charge in [-0.2, -0.15) is 5.26 Å². The molecule has 0 saturated carbocycles. The summed E-state index contributed by atoms with van der Waals surface area (Å²) in [7, 11) is 0. The fourth-order valence-electron chi connectivity index (χ4n) is 1.46. The molecule has 102 valence electrons. The van der Waals surface area contributed by atoms with Crippen LogP contribution in [0.25, 0.3) is 0 Å². The molecular weight excluding hydrogens is 370 g/mol. The van der Waals surface area contributed by atoms with E-state index in [1.807, 2.05) is 6.07 Å². The first-order chi connectivity index (χ1) is 9.55. The van der Waals surface area contributed by atoms with E-state index in [0.717, 1.165) is 0 Å². The zero-order valence-corrected chi connectivity index (χ0v) is 12.9. The Labute approximate surface area is 133 Å². The summed E-state index contributed by atoms with van der Waals surface area (Å²) < 4.78 is 19.5. The number of hydrogen-bond acceptors (Lipinski definition) is 3. The number of alkyl halides is 1. The number of benzene rings is 1. The summed E-state index contributed by atoms with van der Waals surface area (Å²) in [6.07, 6.45) is 0. The molecule has 2 aromatic rings. The van der Waals surface area contributed by atoms with Crippen LogP contribution in [0.1, 0.15) is 11.1 Å². The average Bonchev–Trinajstić information content (AvgIpc) is 2.43. The van der Waals surface area contributed by atoms with Crippen molar-refractivity contribution in [3.05, 3.63) is 51.4 Å². The zero-order chi connectivity index (χ0) is 14.7. The third-order valence-electron chi connectivity index (χ3n) is 2.38. The molecule has 0 unspecified atom stereocenters. The van der Waals surface area contributed by atoms with Crippen molar-refractivity contribution in [2.24, 2.45) is 0 Å². The Morgan fingerprint density at radius 1 is 1.35 bits per heavy atom. The maximum Gasteiger partial charge on any atom is 0.222 e. The molecule has 2 rings (SSSR count). The highest BCUT2D eigenvalue weighted by molar-refractivity contribution is 9.08. The van der Waals surface area contributed by atoms with Crippen LogP contribution in [-0.4, -0.2) is 4.98 Å². The molecule has 1 aromatic carbocycles. The van der Waals surface area contributed by atoms with E-state index in [9.17, 15) is 4.39 Å². The second-order valence-corrected chi connectivity index (χ2v) is 5.07. The lowest BCUT2D eigenvalue weighted by molar-refractivity contribution is 0.425. The van der Waals surface area contributed by atoms with Crippen molar-refractivity contribution in [3.8, 4) is 17.7 Å². The fraction of sp³-hybridized carbons (Fsp3) is 0.0769. The van der Waals surface area contributed by atoms with Crippen LogP contribution in [0, 0.1) is 17.1 Å². The second-order valence-electron chi connectivity index (χ2n) is 3.71. The predicted molar refractivity (Wildman–Crippen MR) is 78.1 cm³/mol. The van der Waals surface area contributed by atoms with E-state index in [1.165, 1.54) is 18.2 Å². The van der Waals surface area contributed by atoms with E-state index >= 15 is 0 Å². The monoisotopic (exact) mass is 374 g/mol. The summed E-state index contributed by atoms with van der Waals surface area (Å²) in [6, 6.07) is 7.70. The van der Waals surface area contributed by atoms with Crippen molar-refractivity contribution in [2.45, 2.75) is 5.33 Å². The minimum Gasteiger partial charge on any atom is -0.434 e. The summed E-state index contributed by atoms with van der Waals surface area (Å²) in [5.41, 5.74) is 0.653. The minimum absolute atomic E-state index is 0.00146. The van der Waals surface area contributed by atoms with Crippen LogP contribution in [0.3, 0.4) is 0 Å². The van der Waals surface area contributed by atoms with Crippen molar-refractivity contribution in [2.75, 3.05) is 0 Å². The third kappa shape index (κ3) is 3.21. The number of aromatic nitrogens is 1. The van der Waals surface area contributed by atoms with Gasteiger partial charge in [0.25, 0.3) is 0 Å². The first-order valence-corrected chi connectivity index (χ1v) is 7.21. The fourth-order valence-corrected chi connectivity index (χ4v) is 2.28. The molecule has 7 heteroatoms. The Morgan fingerprint density at radius 2 is 2.10 bits per heavy atom. The number of hydrogen-bond donors (Lipinski definition) is 0. The van der Waals surface area contributed by atoms with Crippen molar-refractivity contribution in [1.29, 1.82) is 5.26 Å². The van der Waals surface area contributed by atoms with E-state index in [4.69, 9.17) is 33.2 Å². The van der Waals surface area contributed by atoms with Crippen molar-refractivity contribution in [1.82, 2.24) is 4.98 Å². The molecule has 0 amide bonds. The van der Waals surface area contributed by atoms with Crippen LogP contribution in [0.4, 0.5) is 4.39 Å². The lowest BCUT2D eigenvalue weighted by Crippen LogP contribution is -1.96. The number of nitriles is 1. The Balaban J connectivity index is 2.45. The van der Waals surface area contributed by atoms with Crippen LogP contribution in [0.15, 0.2) is 24.3 Å². The standard InChI is InChI=1S/C13H6BrCl2FN2O/c14-5-8-1-2-9(15)13(12(8)17)20-11-4-7(6-18)3-10(16)19-11/h1-4H,5H2. The molecule has 1 heterocycles. The molecule has 20 heavy (non-hydrogen) atoms. The van der Waals surface area contributed by atoms with Crippen LogP contribution in [0.5, 0.6) is 11.6 Å². The Hall–Kier alpha value is -1.35. The predicted octanol–water partition coefficient (Wildman–Crippen LogP) is 5.09. The number of rotatable bonds is 3. The minimum atomic E-state index is -0.588. The molecule has 0 aliphatic heterocycles. The molecular formula is C13H6BrCl2FN2O. The van der Waals surface area contributed by atoms with Crippen molar-refractivity contribution >= 4 is 39.1 Å². The van der Waals surface area contributed by atoms with Gasteiger partial charge >= 0.3 is 0 Å². The number of halogens is 4. The smallest absolute Gasteiger partial charge is 0.222 e. The average molecular weight is 376 g/mol. The number of ether oxygens (including phenoxy) is 1. The number of pyridine rings is 1. The molecule has 0 radical (unpaired) electrons. The Morgan fingerprint density at radius 3 is 2.75 bits per heavy atom. The van der Waals surface area contributed by atoms with Gasteiger partial charge in [-0.15, -0.1) is 0 Å². The first kappa shape index (κ1) is 15.0. The zero-order valence-electron chi connectivity index (χ0n) is 9.83. The van der Waals surface area contributed by atoms with Gasteiger partial charge in [0.15, 0.2) is 11.6 Å². The number of nitrogens with zero attached hydrogens (tertiary/aromatic N) is 2. The molecule has 1 aromatic heterocycles.